The zero-order valence-corrected chi connectivity index (χ0v) is 19.1. The highest BCUT2D eigenvalue weighted by molar-refractivity contribution is 9.10. The number of imidazole rings is 1. The molecule has 0 bridgehead atoms. The van der Waals surface area contributed by atoms with Gasteiger partial charge >= 0.3 is 0 Å². The molecule has 0 fully saturated rings. The first-order chi connectivity index (χ1) is 15.0. The van der Waals surface area contributed by atoms with Crippen molar-refractivity contribution in [1.29, 1.82) is 0 Å². The summed E-state index contributed by atoms with van der Waals surface area (Å²) in [5.41, 5.74) is 3.73. The molecule has 1 aromatic heterocycles. The number of benzene rings is 3. The van der Waals surface area contributed by atoms with E-state index < -0.39 is 0 Å². The second-order valence-corrected chi connectivity index (χ2v) is 8.39. The molecule has 31 heavy (non-hydrogen) atoms. The van der Waals surface area contributed by atoms with E-state index in [2.05, 4.69) is 32.7 Å². The van der Waals surface area contributed by atoms with Gasteiger partial charge in [-0.05, 0) is 62.4 Å². The predicted octanol–water partition coefficient (Wildman–Crippen LogP) is 5.68. The number of halogens is 1. The van der Waals surface area contributed by atoms with Crippen molar-refractivity contribution < 1.29 is 9.53 Å². The number of rotatable bonds is 7. The van der Waals surface area contributed by atoms with E-state index in [1.807, 2.05) is 67.6 Å². The van der Waals surface area contributed by atoms with Gasteiger partial charge in [0.1, 0.15) is 18.2 Å². The van der Waals surface area contributed by atoms with E-state index in [9.17, 15) is 4.79 Å². The Balaban J connectivity index is 1.53. The van der Waals surface area contributed by atoms with Crippen LogP contribution in [0.2, 0.25) is 0 Å². The van der Waals surface area contributed by atoms with Gasteiger partial charge in [0.05, 0.1) is 23.6 Å². The van der Waals surface area contributed by atoms with E-state index in [4.69, 9.17) is 9.72 Å². The van der Waals surface area contributed by atoms with Gasteiger partial charge in [0, 0.05) is 10.0 Å². The summed E-state index contributed by atoms with van der Waals surface area (Å²) in [5.74, 6) is 1.52. The van der Waals surface area contributed by atoms with Crippen LogP contribution in [0.5, 0.6) is 5.75 Å². The molecule has 0 aliphatic carbocycles. The smallest absolute Gasteiger partial charge is 0.251 e. The second kappa shape index (κ2) is 9.35. The lowest BCUT2D eigenvalue weighted by atomic mass is 10.2. The molecule has 1 heterocycles. The molecule has 5 nitrogen and oxygen atoms in total. The minimum atomic E-state index is -0.261. The number of fused-ring (bicyclic) bond motifs is 1. The summed E-state index contributed by atoms with van der Waals surface area (Å²) in [5, 5.41) is 3.07. The molecule has 0 radical (unpaired) electrons. The fourth-order valence-corrected chi connectivity index (χ4v) is 3.76. The Morgan fingerprint density at radius 1 is 1.06 bits per heavy atom. The number of aromatic nitrogens is 2. The number of nitrogens with one attached hydrogen (secondary N) is 1. The third-order valence-electron chi connectivity index (χ3n) is 5.13. The first kappa shape index (κ1) is 21.1. The maximum atomic E-state index is 12.7. The Morgan fingerprint density at radius 2 is 1.77 bits per heavy atom. The largest absolute Gasteiger partial charge is 0.492 e. The number of nitrogens with zero attached hydrogens (tertiary/aromatic N) is 2. The highest BCUT2D eigenvalue weighted by Crippen LogP contribution is 2.22. The summed E-state index contributed by atoms with van der Waals surface area (Å²) in [6.45, 7) is 5.14. The molecule has 0 aliphatic rings. The molecule has 6 heteroatoms. The van der Waals surface area contributed by atoms with Crippen molar-refractivity contribution in [2.75, 3.05) is 6.61 Å². The van der Waals surface area contributed by atoms with Gasteiger partial charge in [-0.3, -0.25) is 4.79 Å². The number of carbonyl (C=O) groups excluding carboxylic acids is 1. The monoisotopic (exact) mass is 477 g/mol. The molecule has 1 unspecified atom stereocenters. The van der Waals surface area contributed by atoms with Crippen molar-refractivity contribution in [2.45, 2.75) is 26.4 Å². The van der Waals surface area contributed by atoms with Gasteiger partial charge < -0.3 is 14.6 Å². The molecule has 1 atom stereocenters. The number of ether oxygens (including phenoxy) is 1. The summed E-state index contributed by atoms with van der Waals surface area (Å²) in [7, 11) is 0. The van der Waals surface area contributed by atoms with Crippen LogP contribution in [0.25, 0.3) is 11.0 Å². The molecular weight excluding hydrogens is 454 g/mol. The Bertz CT molecular complexity index is 1180. The standard InChI is InChI=1S/C25H24BrN3O2/c1-17-7-13-21(14-8-17)31-16-15-29-23-6-4-3-5-22(23)28-24(29)18(2)27-25(30)19-9-11-20(26)12-10-19/h3-14,18H,15-16H2,1-2H3,(H,27,30). The van der Waals surface area contributed by atoms with Crippen LogP contribution in [0.1, 0.15) is 34.7 Å². The molecule has 0 spiro atoms. The van der Waals surface area contributed by atoms with Crippen molar-refractivity contribution in [3.8, 4) is 5.75 Å². The molecule has 1 N–H and O–H groups in total. The lowest BCUT2D eigenvalue weighted by molar-refractivity contribution is 0.0937. The highest BCUT2D eigenvalue weighted by Gasteiger charge is 2.19. The van der Waals surface area contributed by atoms with Gasteiger partial charge in [0.25, 0.3) is 5.91 Å². The van der Waals surface area contributed by atoms with Crippen molar-refractivity contribution in [3.63, 3.8) is 0 Å². The summed E-state index contributed by atoms with van der Waals surface area (Å²) >= 11 is 3.40. The van der Waals surface area contributed by atoms with Crippen molar-refractivity contribution in [3.05, 3.63) is 94.2 Å². The average Bonchev–Trinajstić information content (AvgIpc) is 3.14. The number of amides is 1. The molecule has 4 aromatic rings. The second-order valence-electron chi connectivity index (χ2n) is 7.47. The van der Waals surface area contributed by atoms with Gasteiger partial charge in [-0.15, -0.1) is 0 Å². The zero-order chi connectivity index (χ0) is 21.8. The summed E-state index contributed by atoms with van der Waals surface area (Å²) in [6, 6.07) is 23.1. The first-order valence-electron chi connectivity index (χ1n) is 10.2. The van der Waals surface area contributed by atoms with Gasteiger partial charge in [-0.1, -0.05) is 45.8 Å². The van der Waals surface area contributed by atoms with Gasteiger partial charge in [-0.2, -0.15) is 0 Å². The van der Waals surface area contributed by atoms with E-state index >= 15 is 0 Å². The third-order valence-corrected chi connectivity index (χ3v) is 5.66. The van der Waals surface area contributed by atoms with Crippen LogP contribution < -0.4 is 10.1 Å². The maximum absolute atomic E-state index is 12.7. The number of aryl methyl sites for hydroxylation is 1. The lowest BCUT2D eigenvalue weighted by Crippen LogP contribution is -2.29. The topological polar surface area (TPSA) is 56.1 Å². The fraction of sp³-hybridized carbons (Fsp3) is 0.200. The molecule has 158 valence electrons. The molecule has 0 saturated heterocycles. The van der Waals surface area contributed by atoms with Crippen LogP contribution in [-0.4, -0.2) is 22.1 Å². The molecular formula is C25H24BrN3O2. The Labute approximate surface area is 190 Å². The normalized spacial score (nSPS) is 12.0. The molecule has 1 amide bonds. The number of hydrogen-bond acceptors (Lipinski definition) is 3. The van der Waals surface area contributed by atoms with Crippen LogP contribution in [0.15, 0.2) is 77.3 Å². The summed E-state index contributed by atoms with van der Waals surface area (Å²) in [4.78, 5) is 17.5. The Kier molecular flexibility index (Phi) is 6.37. The number of para-hydroxylation sites is 2. The van der Waals surface area contributed by atoms with Crippen LogP contribution in [0, 0.1) is 6.92 Å². The average molecular weight is 478 g/mol. The maximum Gasteiger partial charge on any atom is 0.251 e. The van der Waals surface area contributed by atoms with Crippen molar-refractivity contribution in [2.24, 2.45) is 0 Å². The molecule has 4 rings (SSSR count). The molecule has 0 saturated carbocycles. The van der Waals surface area contributed by atoms with Gasteiger partial charge in [0.2, 0.25) is 0 Å². The van der Waals surface area contributed by atoms with Crippen LogP contribution in [-0.2, 0) is 6.54 Å². The van der Waals surface area contributed by atoms with Crippen molar-refractivity contribution in [1.82, 2.24) is 14.9 Å². The number of carbonyl (C=O) groups is 1. The van der Waals surface area contributed by atoms with Crippen LogP contribution in [0.4, 0.5) is 0 Å². The van der Waals surface area contributed by atoms with E-state index in [0.29, 0.717) is 18.7 Å². The van der Waals surface area contributed by atoms with Gasteiger partial charge in [-0.25, -0.2) is 4.98 Å². The molecule has 0 aliphatic heterocycles. The van der Waals surface area contributed by atoms with E-state index in [1.165, 1.54) is 5.56 Å². The zero-order valence-electron chi connectivity index (χ0n) is 17.5. The minimum absolute atomic E-state index is 0.130. The summed E-state index contributed by atoms with van der Waals surface area (Å²) in [6.07, 6.45) is 0. The predicted molar refractivity (Wildman–Crippen MR) is 126 cm³/mol. The number of hydrogen-bond donors (Lipinski definition) is 1. The molecule has 3 aromatic carbocycles. The SMILES string of the molecule is Cc1ccc(OCCn2c(C(C)NC(=O)c3ccc(Br)cc3)nc3ccccc32)cc1. The quantitative estimate of drug-likeness (QED) is 0.372. The highest BCUT2D eigenvalue weighted by atomic mass is 79.9. The Morgan fingerprint density at radius 3 is 2.52 bits per heavy atom. The van der Waals surface area contributed by atoms with Crippen LogP contribution in [0.3, 0.4) is 0 Å². The van der Waals surface area contributed by atoms with E-state index in [0.717, 1.165) is 27.1 Å². The van der Waals surface area contributed by atoms with E-state index in [1.54, 1.807) is 12.1 Å². The van der Waals surface area contributed by atoms with Crippen LogP contribution >= 0.6 is 15.9 Å². The van der Waals surface area contributed by atoms with E-state index in [-0.39, 0.29) is 11.9 Å². The van der Waals surface area contributed by atoms with Gasteiger partial charge in [0.15, 0.2) is 0 Å². The van der Waals surface area contributed by atoms with Crippen molar-refractivity contribution >= 4 is 32.9 Å². The third kappa shape index (κ3) is 4.97. The Hall–Kier alpha value is -3.12. The summed E-state index contributed by atoms with van der Waals surface area (Å²) < 4.78 is 9.00. The first-order valence-corrected chi connectivity index (χ1v) is 11.0. The fourth-order valence-electron chi connectivity index (χ4n) is 3.49. The minimum Gasteiger partial charge on any atom is -0.492 e. The lowest BCUT2D eigenvalue weighted by Gasteiger charge is -2.17.